The van der Waals surface area contributed by atoms with Gasteiger partial charge in [0.05, 0.1) is 7.11 Å². The van der Waals surface area contributed by atoms with Gasteiger partial charge in [0.15, 0.2) is 0 Å². The SMILES string of the molecule is CCCN(CC)CCNCc1ccccc1OC. The van der Waals surface area contributed by atoms with Gasteiger partial charge in [-0.05, 0) is 25.6 Å². The molecule has 0 heterocycles. The lowest BCUT2D eigenvalue weighted by atomic mass is 10.2. The molecule has 0 aromatic heterocycles. The Morgan fingerprint density at radius 1 is 1.17 bits per heavy atom. The molecule has 0 aliphatic carbocycles. The monoisotopic (exact) mass is 250 g/mol. The Morgan fingerprint density at radius 3 is 2.61 bits per heavy atom. The standard InChI is InChI=1S/C15H26N2O/c1-4-11-17(5-2)12-10-16-13-14-8-6-7-9-15(14)18-3/h6-9,16H,4-5,10-13H2,1-3H3. The summed E-state index contributed by atoms with van der Waals surface area (Å²) >= 11 is 0. The summed E-state index contributed by atoms with van der Waals surface area (Å²) in [5, 5.41) is 3.48. The number of benzene rings is 1. The third kappa shape index (κ3) is 5.07. The molecule has 102 valence electrons. The second-order valence-electron chi connectivity index (χ2n) is 4.42. The van der Waals surface area contributed by atoms with Crippen LogP contribution in [-0.2, 0) is 6.54 Å². The largest absolute Gasteiger partial charge is 0.496 e. The van der Waals surface area contributed by atoms with E-state index in [1.165, 1.54) is 18.5 Å². The molecule has 0 spiro atoms. The second kappa shape index (κ2) is 8.95. The maximum Gasteiger partial charge on any atom is 0.123 e. The van der Waals surface area contributed by atoms with E-state index < -0.39 is 0 Å². The first-order chi connectivity index (χ1) is 8.81. The smallest absolute Gasteiger partial charge is 0.123 e. The van der Waals surface area contributed by atoms with Crippen molar-refractivity contribution in [3.05, 3.63) is 29.8 Å². The van der Waals surface area contributed by atoms with Crippen LogP contribution in [0.5, 0.6) is 5.75 Å². The van der Waals surface area contributed by atoms with E-state index in [2.05, 4.69) is 36.2 Å². The zero-order valence-corrected chi connectivity index (χ0v) is 11.9. The molecule has 1 aromatic carbocycles. The van der Waals surface area contributed by atoms with Crippen LogP contribution >= 0.6 is 0 Å². The Labute approximate surface area is 111 Å². The summed E-state index contributed by atoms with van der Waals surface area (Å²) in [7, 11) is 1.72. The van der Waals surface area contributed by atoms with E-state index >= 15 is 0 Å². The lowest BCUT2D eigenvalue weighted by molar-refractivity contribution is 0.287. The average Bonchev–Trinajstić information content (AvgIpc) is 2.42. The van der Waals surface area contributed by atoms with Gasteiger partial charge in [-0.1, -0.05) is 32.0 Å². The van der Waals surface area contributed by atoms with Crippen molar-refractivity contribution in [2.75, 3.05) is 33.3 Å². The third-order valence-corrected chi connectivity index (χ3v) is 3.10. The molecule has 0 amide bonds. The topological polar surface area (TPSA) is 24.5 Å². The van der Waals surface area contributed by atoms with Crippen molar-refractivity contribution < 1.29 is 4.74 Å². The number of nitrogens with zero attached hydrogens (tertiary/aromatic N) is 1. The first-order valence-electron chi connectivity index (χ1n) is 6.86. The van der Waals surface area contributed by atoms with Gasteiger partial charge in [0.2, 0.25) is 0 Å². The molecule has 0 saturated heterocycles. The summed E-state index contributed by atoms with van der Waals surface area (Å²) in [4.78, 5) is 2.47. The summed E-state index contributed by atoms with van der Waals surface area (Å²) in [6.07, 6.45) is 1.22. The fraction of sp³-hybridized carbons (Fsp3) is 0.600. The van der Waals surface area contributed by atoms with Gasteiger partial charge < -0.3 is 15.0 Å². The molecule has 0 fully saturated rings. The number of likely N-dealkylation sites (N-methyl/N-ethyl adjacent to an activating group) is 1. The predicted octanol–water partition coefficient (Wildman–Crippen LogP) is 2.52. The van der Waals surface area contributed by atoms with Gasteiger partial charge >= 0.3 is 0 Å². The molecular formula is C15H26N2O. The normalized spacial score (nSPS) is 10.9. The van der Waals surface area contributed by atoms with Gasteiger partial charge in [0, 0.05) is 25.2 Å². The van der Waals surface area contributed by atoms with Crippen LogP contribution in [0.25, 0.3) is 0 Å². The molecule has 3 heteroatoms. The highest BCUT2D eigenvalue weighted by atomic mass is 16.5. The van der Waals surface area contributed by atoms with Gasteiger partial charge in [0.25, 0.3) is 0 Å². The highest BCUT2D eigenvalue weighted by Crippen LogP contribution is 2.16. The van der Waals surface area contributed by atoms with Crippen LogP contribution in [0.1, 0.15) is 25.8 Å². The van der Waals surface area contributed by atoms with E-state index in [4.69, 9.17) is 4.74 Å². The number of methoxy groups -OCH3 is 1. The Kier molecular flexibility index (Phi) is 7.46. The molecule has 18 heavy (non-hydrogen) atoms. The molecule has 3 nitrogen and oxygen atoms in total. The quantitative estimate of drug-likeness (QED) is 0.682. The summed E-state index contributed by atoms with van der Waals surface area (Å²) in [6.45, 7) is 9.76. The summed E-state index contributed by atoms with van der Waals surface area (Å²) < 4.78 is 5.33. The van der Waals surface area contributed by atoms with Crippen LogP contribution in [0.4, 0.5) is 0 Å². The lowest BCUT2D eigenvalue weighted by Crippen LogP contribution is -2.32. The number of ether oxygens (including phenoxy) is 1. The highest BCUT2D eigenvalue weighted by Gasteiger charge is 2.02. The summed E-state index contributed by atoms with van der Waals surface area (Å²) in [5.41, 5.74) is 1.22. The van der Waals surface area contributed by atoms with Crippen LogP contribution < -0.4 is 10.1 Å². The van der Waals surface area contributed by atoms with Crippen molar-refractivity contribution >= 4 is 0 Å². The lowest BCUT2D eigenvalue weighted by Gasteiger charge is -2.19. The van der Waals surface area contributed by atoms with Gasteiger partial charge in [-0.3, -0.25) is 0 Å². The molecule has 1 aromatic rings. The summed E-state index contributed by atoms with van der Waals surface area (Å²) in [6, 6.07) is 8.17. The van der Waals surface area contributed by atoms with Crippen molar-refractivity contribution in [1.29, 1.82) is 0 Å². The molecule has 0 atom stereocenters. The van der Waals surface area contributed by atoms with Crippen molar-refractivity contribution in [3.8, 4) is 5.75 Å². The number of nitrogens with one attached hydrogen (secondary N) is 1. The minimum Gasteiger partial charge on any atom is -0.496 e. The number of rotatable bonds is 9. The van der Waals surface area contributed by atoms with Crippen LogP contribution in [0.15, 0.2) is 24.3 Å². The first-order valence-corrected chi connectivity index (χ1v) is 6.86. The maximum atomic E-state index is 5.33. The number of para-hydroxylation sites is 1. The predicted molar refractivity (Wildman–Crippen MR) is 77.1 cm³/mol. The molecule has 0 saturated carbocycles. The van der Waals surface area contributed by atoms with E-state index in [0.717, 1.165) is 31.9 Å². The molecule has 0 unspecified atom stereocenters. The molecular weight excluding hydrogens is 224 g/mol. The third-order valence-electron chi connectivity index (χ3n) is 3.10. The van der Waals surface area contributed by atoms with E-state index in [1.807, 2.05) is 12.1 Å². The Bertz CT molecular complexity index is 328. The van der Waals surface area contributed by atoms with Crippen molar-refractivity contribution in [2.45, 2.75) is 26.8 Å². The molecule has 0 aliphatic rings. The first kappa shape index (κ1) is 15.0. The fourth-order valence-electron chi connectivity index (χ4n) is 2.05. The Hall–Kier alpha value is -1.06. The molecule has 0 radical (unpaired) electrons. The van der Waals surface area contributed by atoms with E-state index in [0.29, 0.717) is 0 Å². The van der Waals surface area contributed by atoms with Crippen LogP contribution in [-0.4, -0.2) is 38.2 Å². The molecule has 0 bridgehead atoms. The molecule has 1 N–H and O–H groups in total. The van der Waals surface area contributed by atoms with Gasteiger partial charge in [-0.2, -0.15) is 0 Å². The minimum absolute atomic E-state index is 0.869. The molecule has 1 rings (SSSR count). The van der Waals surface area contributed by atoms with Gasteiger partial charge in [-0.25, -0.2) is 0 Å². The van der Waals surface area contributed by atoms with Crippen molar-refractivity contribution in [3.63, 3.8) is 0 Å². The highest BCUT2D eigenvalue weighted by molar-refractivity contribution is 5.32. The number of hydrogen-bond donors (Lipinski definition) is 1. The van der Waals surface area contributed by atoms with Crippen molar-refractivity contribution in [1.82, 2.24) is 10.2 Å². The molecule has 0 aliphatic heterocycles. The van der Waals surface area contributed by atoms with E-state index in [1.54, 1.807) is 7.11 Å². The zero-order chi connectivity index (χ0) is 13.2. The zero-order valence-electron chi connectivity index (χ0n) is 11.9. The van der Waals surface area contributed by atoms with Crippen LogP contribution in [0.2, 0.25) is 0 Å². The van der Waals surface area contributed by atoms with E-state index in [9.17, 15) is 0 Å². The van der Waals surface area contributed by atoms with Gasteiger partial charge in [0.1, 0.15) is 5.75 Å². The fourth-order valence-corrected chi connectivity index (χ4v) is 2.05. The maximum absolute atomic E-state index is 5.33. The minimum atomic E-state index is 0.869. The van der Waals surface area contributed by atoms with Crippen LogP contribution in [0, 0.1) is 0 Å². The van der Waals surface area contributed by atoms with E-state index in [-0.39, 0.29) is 0 Å². The average molecular weight is 250 g/mol. The number of hydrogen-bond acceptors (Lipinski definition) is 3. The Balaban J connectivity index is 2.28. The Morgan fingerprint density at radius 2 is 1.94 bits per heavy atom. The van der Waals surface area contributed by atoms with Crippen LogP contribution in [0.3, 0.4) is 0 Å². The van der Waals surface area contributed by atoms with Gasteiger partial charge in [-0.15, -0.1) is 0 Å². The van der Waals surface area contributed by atoms with Crippen molar-refractivity contribution in [2.24, 2.45) is 0 Å². The second-order valence-corrected chi connectivity index (χ2v) is 4.42. The summed E-state index contributed by atoms with van der Waals surface area (Å²) in [5.74, 6) is 0.964.